The number of hydrogen-bond acceptors (Lipinski definition) is 8. The van der Waals surface area contributed by atoms with E-state index in [9.17, 15) is 5.26 Å². The lowest BCUT2D eigenvalue weighted by molar-refractivity contribution is 0.417. The van der Waals surface area contributed by atoms with Gasteiger partial charge in [-0.15, -0.1) is 0 Å². The molecule has 1 saturated heterocycles. The van der Waals surface area contributed by atoms with E-state index in [1.165, 1.54) is 19.3 Å². The molecule has 0 spiro atoms. The lowest BCUT2D eigenvalue weighted by Gasteiger charge is -2.19. The number of aromatic amines is 1. The van der Waals surface area contributed by atoms with Crippen LogP contribution >= 0.6 is 11.9 Å². The Labute approximate surface area is 185 Å². The number of hydrogen-bond donors (Lipinski definition) is 3. The van der Waals surface area contributed by atoms with Gasteiger partial charge >= 0.3 is 0 Å². The van der Waals surface area contributed by atoms with Crippen molar-refractivity contribution in [2.75, 3.05) is 34.3 Å². The van der Waals surface area contributed by atoms with Crippen molar-refractivity contribution in [2.24, 2.45) is 0 Å². The van der Waals surface area contributed by atoms with Crippen LogP contribution in [-0.2, 0) is 0 Å². The van der Waals surface area contributed by atoms with E-state index in [4.69, 9.17) is 9.72 Å². The SMILES string of the molecule is COc1cc(N2CCCS2)ccc1Nc1nc(NC2CCCC2)c2c(C#N)c[nH]c2n1. The number of fused-ring (bicyclic) bond motifs is 1. The minimum atomic E-state index is 0.374. The number of benzene rings is 1. The topological polar surface area (TPSA) is 102 Å². The number of nitrogens with one attached hydrogen (secondary N) is 3. The third-order valence-corrected chi connectivity index (χ3v) is 7.00. The van der Waals surface area contributed by atoms with Gasteiger partial charge in [-0.2, -0.15) is 15.2 Å². The summed E-state index contributed by atoms with van der Waals surface area (Å²) >= 11 is 1.84. The van der Waals surface area contributed by atoms with Crippen LogP contribution in [-0.4, -0.2) is 40.4 Å². The lowest BCUT2D eigenvalue weighted by Crippen LogP contribution is -2.16. The molecule has 0 unspecified atom stereocenters. The smallest absolute Gasteiger partial charge is 0.231 e. The first kappa shape index (κ1) is 19.8. The van der Waals surface area contributed by atoms with Gasteiger partial charge in [0.2, 0.25) is 5.95 Å². The molecule has 1 aliphatic carbocycles. The molecule has 5 rings (SSSR count). The molecule has 1 saturated carbocycles. The minimum Gasteiger partial charge on any atom is -0.494 e. The Morgan fingerprint density at radius 1 is 1.26 bits per heavy atom. The highest BCUT2D eigenvalue weighted by Crippen LogP contribution is 2.36. The number of rotatable bonds is 6. The molecule has 2 aliphatic rings. The summed E-state index contributed by atoms with van der Waals surface area (Å²) in [4.78, 5) is 12.5. The highest BCUT2D eigenvalue weighted by Gasteiger charge is 2.21. The summed E-state index contributed by atoms with van der Waals surface area (Å²) in [6, 6.07) is 8.74. The van der Waals surface area contributed by atoms with Gasteiger partial charge in [-0.3, -0.25) is 0 Å². The van der Waals surface area contributed by atoms with Gasteiger partial charge in [-0.05, 0) is 43.3 Å². The van der Waals surface area contributed by atoms with Crippen LogP contribution < -0.4 is 19.7 Å². The van der Waals surface area contributed by atoms with Crippen LogP contribution in [0.15, 0.2) is 24.4 Å². The summed E-state index contributed by atoms with van der Waals surface area (Å²) in [7, 11) is 1.67. The molecule has 0 bridgehead atoms. The largest absolute Gasteiger partial charge is 0.494 e. The molecular formula is C22H25N7OS. The predicted molar refractivity (Wildman–Crippen MR) is 125 cm³/mol. The highest BCUT2D eigenvalue weighted by molar-refractivity contribution is 8.00. The van der Waals surface area contributed by atoms with Crippen molar-refractivity contribution in [1.82, 2.24) is 15.0 Å². The van der Waals surface area contributed by atoms with Gasteiger partial charge in [0.05, 0.1) is 29.4 Å². The van der Waals surface area contributed by atoms with Crippen LogP contribution in [0.3, 0.4) is 0 Å². The zero-order chi connectivity index (χ0) is 21.2. The molecule has 160 valence electrons. The fraction of sp³-hybridized carbons (Fsp3) is 0.409. The average Bonchev–Trinajstić information content (AvgIpc) is 3.55. The highest BCUT2D eigenvalue weighted by atomic mass is 32.2. The Balaban J connectivity index is 1.48. The Hall–Kier alpha value is -3.12. The van der Waals surface area contributed by atoms with E-state index in [1.807, 2.05) is 24.1 Å². The van der Waals surface area contributed by atoms with E-state index in [2.05, 4.69) is 37.0 Å². The fourth-order valence-corrected chi connectivity index (χ4v) is 5.25. The van der Waals surface area contributed by atoms with Crippen LogP contribution in [0, 0.1) is 11.3 Å². The number of methoxy groups -OCH3 is 1. The molecule has 31 heavy (non-hydrogen) atoms. The van der Waals surface area contributed by atoms with Gasteiger partial charge in [-0.25, -0.2) is 0 Å². The molecule has 1 aliphatic heterocycles. The maximum atomic E-state index is 9.51. The Morgan fingerprint density at radius 3 is 2.87 bits per heavy atom. The van der Waals surface area contributed by atoms with Crippen molar-refractivity contribution in [1.29, 1.82) is 5.26 Å². The number of H-pyrrole nitrogens is 1. The quantitative estimate of drug-likeness (QED) is 0.475. The molecule has 3 aromatic rings. The van der Waals surface area contributed by atoms with Crippen molar-refractivity contribution < 1.29 is 4.74 Å². The Bertz CT molecular complexity index is 1130. The predicted octanol–water partition coefficient (Wildman–Crippen LogP) is 4.79. The van der Waals surface area contributed by atoms with Crippen LogP contribution in [0.25, 0.3) is 11.0 Å². The third-order valence-electron chi connectivity index (χ3n) is 5.82. The van der Waals surface area contributed by atoms with Gasteiger partial charge in [0.25, 0.3) is 0 Å². The molecule has 0 radical (unpaired) electrons. The number of anilines is 4. The van der Waals surface area contributed by atoms with Crippen LogP contribution in [0.5, 0.6) is 5.75 Å². The van der Waals surface area contributed by atoms with Crippen molar-refractivity contribution in [3.63, 3.8) is 0 Å². The van der Waals surface area contributed by atoms with E-state index >= 15 is 0 Å². The molecule has 3 heterocycles. The van der Waals surface area contributed by atoms with E-state index in [0.717, 1.165) is 47.6 Å². The summed E-state index contributed by atoms with van der Waals surface area (Å²) in [6.07, 6.45) is 7.54. The Morgan fingerprint density at radius 2 is 2.13 bits per heavy atom. The number of aromatic nitrogens is 3. The number of nitrogens with zero attached hydrogens (tertiary/aromatic N) is 4. The summed E-state index contributed by atoms with van der Waals surface area (Å²) in [5.74, 6) is 3.04. The van der Waals surface area contributed by atoms with E-state index in [1.54, 1.807) is 13.3 Å². The van der Waals surface area contributed by atoms with Crippen molar-refractivity contribution in [3.05, 3.63) is 30.0 Å². The fourth-order valence-electron chi connectivity index (χ4n) is 4.25. The number of nitriles is 1. The van der Waals surface area contributed by atoms with Crippen molar-refractivity contribution in [3.8, 4) is 11.8 Å². The molecule has 3 N–H and O–H groups in total. The summed E-state index contributed by atoms with van der Waals surface area (Å²) in [5.41, 5.74) is 3.12. The zero-order valence-electron chi connectivity index (χ0n) is 17.4. The maximum Gasteiger partial charge on any atom is 0.231 e. The van der Waals surface area contributed by atoms with E-state index in [-0.39, 0.29) is 0 Å². The van der Waals surface area contributed by atoms with Gasteiger partial charge in [-0.1, -0.05) is 12.8 Å². The monoisotopic (exact) mass is 435 g/mol. The first-order valence-electron chi connectivity index (χ1n) is 10.7. The molecule has 0 amide bonds. The zero-order valence-corrected chi connectivity index (χ0v) is 18.3. The second-order valence-electron chi connectivity index (χ2n) is 7.86. The Kier molecular flexibility index (Phi) is 5.47. The van der Waals surface area contributed by atoms with E-state index < -0.39 is 0 Å². The molecule has 9 heteroatoms. The molecule has 1 aromatic carbocycles. The minimum absolute atomic E-state index is 0.374. The normalized spacial score (nSPS) is 16.6. The second kappa shape index (κ2) is 8.55. The first-order valence-corrected chi connectivity index (χ1v) is 11.6. The molecule has 2 aromatic heterocycles. The lowest BCUT2D eigenvalue weighted by atomic mass is 10.2. The van der Waals surface area contributed by atoms with Crippen LogP contribution in [0.1, 0.15) is 37.7 Å². The summed E-state index contributed by atoms with van der Waals surface area (Å²) in [6.45, 7) is 1.05. The molecule has 0 atom stereocenters. The van der Waals surface area contributed by atoms with Gasteiger partial charge in [0.15, 0.2) is 0 Å². The van der Waals surface area contributed by atoms with Crippen LogP contribution in [0.2, 0.25) is 0 Å². The van der Waals surface area contributed by atoms with Gasteiger partial charge < -0.3 is 24.7 Å². The van der Waals surface area contributed by atoms with Gasteiger partial charge in [0.1, 0.15) is 23.3 Å². The maximum absolute atomic E-state index is 9.51. The summed E-state index contributed by atoms with van der Waals surface area (Å²) in [5, 5.41) is 17.1. The van der Waals surface area contributed by atoms with Gasteiger partial charge in [0, 0.05) is 30.6 Å². The average molecular weight is 436 g/mol. The van der Waals surface area contributed by atoms with Crippen molar-refractivity contribution >= 4 is 46.1 Å². The second-order valence-corrected chi connectivity index (χ2v) is 8.96. The molecule has 2 fully saturated rings. The molecular weight excluding hydrogens is 410 g/mol. The number of ether oxygens (including phenoxy) is 1. The third kappa shape index (κ3) is 3.95. The first-order chi connectivity index (χ1) is 15.2. The van der Waals surface area contributed by atoms with Crippen molar-refractivity contribution in [2.45, 2.75) is 38.1 Å². The summed E-state index contributed by atoms with van der Waals surface area (Å²) < 4.78 is 7.94. The van der Waals surface area contributed by atoms with E-state index in [0.29, 0.717) is 29.0 Å². The molecule has 8 nitrogen and oxygen atoms in total. The van der Waals surface area contributed by atoms with Crippen LogP contribution in [0.4, 0.5) is 23.1 Å². The standard InChI is InChI=1S/C22H25N7OS/c1-30-18-11-16(29-9-4-10-31-29)7-8-17(18)26-22-27-20-19(14(12-23)13-24-20)21(28-22)25-15-5-2-3-6-15/h7-8,11,13,15H,2-6,9-10H2,1H3,(H3,24,25,26,27,28).